The number of aryl methyl sites for hydroxylation is 1. The first-order valence-corrected chi connectivity index (χ1v) is 6.82. The number of nitrogens with zero attached hydrogens (tertiary/aromatic N) is 2. The van der Waals surface area contributed by atoms with Gasteiger partial charge < -0.3 is 4.57 Å². The van der Waals surface area contributed by atoms with E-state index >= 15 is 0 Å². The number of aromatic nitrogens is 2. The van der Waals surface area contributed by atoms with E-state index < -0.39 is 5.82 Å². The first-order chi connectivity index (χ1) is 10.1. The van der Waals surface area contributed by atoms with Crippen molar-refractivity contribution < 1.29 is 9.18 Å². The Morgan fingerprint density at radius 2 is 2.05 bits per heavy atom. The number of fused-ring (bicyclic) bond motifs is 1. The van der Waals surface area contributed by atoms with Crippen molar-refractivity contribution in [1.82, 2.24) is 9.55 Å². The van der Waals surface area contributed by atoms with E-state index in [1.54, 1.807) is 0 Å². The lowest BCUT2D eigenvalue weighted by molar-refractivity contribution is 0.0986. The number of imidazole rings is 1. The van der Waals surface area contributed by atoms with Crippen LogP contribution in [0.1, 0.15) is 16.2 Å². The second-order valence-electron chi connectivity index (χ2n) is 4.80. The zero-order valence-corrected chi connectivity index (χ0v) is 12.1. The van der Waals surface area contributed by atoms with Crippen LogP contribution >= 0.6 is 11.6 Å². The molecule has 0 amide bonds. The van der Waals surface area contributed by atoms with E-state index in [0.717, 1.165) is 17.1 Å². The van der Waals surface area contributed by atoms with Crippen LogP contribution in [0.25, 0.3) is 11.0 Å². The Morgan fingerprint density at radius 3 is 2.76 bits per heavy atom. The second-order valence-corrected chi connectivity index (χ2v) is 5.24. The molecule has 5 heteroatoms. The normalized spacial score (nSPS) is 11.0. The van der Waals surface area contributed by atoms with E-state index in [2.05, 4.69) is 4.98 Å². The van der Waals surface area contributed by atoms with E-state index in [4.69, 9.17) is 11.6 Å². The maximum atomic E-state index is 13.8. The fourth-order valence-electron chi connectivity index (χ4n) is 2.31. The van der Waals surface area contributed by atoms with Gasteiger partial charge in [0.2, 0.25) is 0 Å². The zero-order valence-electron chi connectivity index (χ0n) is 11.3. The minimum absolute atomic E-state index is 0.0338. The highest BCUT2D eigenvalue weighted by Gasteiger charge is 2.16. The molecule has 0 fully saturated rings. The molecule has 0 unspecified atom stereocenters. The monoisotopic (exact) mass is 302 g/mol. The van der Waals surface area contributed by atoms with Gasteiger partial charge in [0.25, 0.3) is 0 Å². The zero-order chi connectivity index (χ0) is 15.0. The lowest BCUT2D eigenvalue weighted by Crippen LogP contribution is -2.10. The molecule has 0 saturated carbocycles. The van der Waals surface area contributed by atoms with Crippen molar-refractivity contribution in [3.63, 3.8) is 0 Å². The molecule has 3 rings (SSSR count). The molecule has 106 valence electrons. The average molecular weight is 303 g/mol. The van der Waals surface area contributed by atoms with Gasteiger partial charge in [-0.05, 0) is 30.3 Å². The summed E-state index contributed by atoms with van der Waals surface area (Å²) in [6.45, 7) is 0. The number of rotatable bonds is 3. The Morgan fingerprint density at radius 1 is 1.29 bits per heavy atom. The van der Waals surface area contributed by atoms with E-state index in [9.17, 15) is 9.18 Å². The molecule has 21 heavy (non-hydrogen) atoms. The summed E-state index contributed by atoms with van der Waals surface area (Å²) in [6, 6.07) is 11.7. The minimum Gasteiger partial charge on any atom is -0.331 e. The van der Waals surface area contributed by atoms with E-state index in [1.165, 1.54) is 12.1 Å². The standard InChI is InChI=1S/C16H12ClFN2O/c1-20-14-5-3-2-4-13(14)19-16(20)9-15(21)11-7-6-10(17)8-12(11)18/h2-8H,9H2,1H3. The Balaban J connectivity index is 1.94. The maximum absolute atomic E-state index is 13.8. The van der Waals surface area contributed by atoms with E-state index in [0.29, 0.717) is 5.82 Å². The van der Waals surface area contributed by atoms with Gasteiger partial charge in [0, 0.05) is 12.1 Å². The fraction of sp³-hybridized carbons (Fsp3) is 0.125. The van der Waals surface area contributed by atoms with Gasteiger partial charge in [-0.3, -0.25) is 4.79 Å². The molecule has 0 aliphatic rings. The number of carbonyl (C=O) groups excluding carboxylic acids is 1. The van der Waals surface area contributed by atoms with Crippen molar-refractivity contribution >= 4 is 28.4 Å². The van der Waals surface area contributed by atoms with Crippen molar-refractivity contribution in [2.45, 2.75) is 6.42 Å². The van der Waals surface area contributed by atoms with Crippen LogP contribution in [0.15, 0.2) is 42.5 Å². The quantitative estimate of drug-likeness (QED) is 0.690. The third-order valence-electron chi connectivity index (χ3n) is 3.43. The largest absolute Gasteiger partial charge is 0.331 e. The molecule has 0 bridgehead atoms. The number of hydrogen-bond donors (Lipinski definition) is 0. The molecule has 0 radical (unpaired) electrons. The van der Waals surface area contributed by atoms with Gasteiger partial charge in [0.15, 0.2) is 5.78 Å². The molecular formula is C16H12ClFN2O. The highest BCUT2D eigenvalue weighted by Crippen LogP contribution is 2.19. The Hall–Kier alpha value is -2.20. The number of Topliss-reactive ketones (excluding diaryl/α,β-unsaturated/α-hetero) is 1. The maximum Gasteiger partial charge on any atom is 0.173 e. The van der Waals surface area contributed by atoms with Gasteiger partial charge in [0.1, 0.15) is 11.6 Å². The van der Waals surface area contributed by atoms with Gasteiger partial charge in [0.05, 0.1) is 23.0 Å². The average Bonchev–Trinajstić information content (AvgIpc) is 2.76. The molecule has 0 N–H and O–H groups in total. The van der Waals surface area contributed by atoms with Crippen molar-refractivity contribution in [2.24, 2.45) is 7.05 Å². The van der Waals surface area contributed by atoms with E-state index in [-0.39, 0.29) is 22.8 Å². The molecule has 0 atom stereocenters. The number of halogens is 2. The summed E-state index contributed by atoms with van der Waals surface area (Å²) >= 11 is 5.69. The smallest absolute Gasteiger partial charge is 0.173 e. The highest BCUT2D eigenvalue weighted by atomic mass is 35.5. The lowest BCUT2D eigenvalue weighted by Gasteiger charge is -2.04. The fourth-order valence-corrected chi connectivity index (χ4v) is 2.47. The Labute approximate surface area is 126 Å². The second kappa shape index (κ2) is 5.30. The minimum atomic E-state index is -0.605. The Kier molecular flexibility index (Phi) is 3.47. The van der Waals surface area contributed by atoms with Gasteiger partial charge >= 0.3 is 0 Å². The predicted octanol–water partition coefficient (Wildman–Crippen LogP) is 3.79. The van der Waals surface area contributed by atoms with Gasteiger partial charge in [-0.25, -0.2) is 9.37 Å². The van der Waals surface area contributed by atoms with Crippen LogP contribution in [0.5, 0.6) is 0 Å². The molecule has 0 aliphatic carbocycles. The number of carbonyl (C=O) groups is 1. The Bertz CT molecular complexity index is 841. The molecule has 2 aromatic carbocycles. The molecule has 3 nitrogen and oxygen atoms in total. The summed E-state index contributed by atoms with van der Waals surface area (Å²) in [7, 11) is 1.84. The molecule has 0 saturated heterocycles. The van der Waals surface area contributed by atoms with Crippen LogP contribution in [-0.4, -0.2) is 15.3 Å². The van der Waals surface area contributed by atoms with Crippen molar-refractivity contribution in [2.75, 3.05) is 0 Å². The number of hydrogen-bond acceptors (Lipinski definition) is 2. The predicted molar refractivity (Wildman–Crippen MR) is 80.2 cm³/mol. The van der Waals surface area contributed by atoms with Crippen LogP contribution in [0.4, 0.5) is 4.39 Å². The molecular weight excluding hydrogens is 291 g/mol. The summed E-state index contributed by atoms with van der Waals surface area (Å²) in [5.41, 5.74) is 1.79. The van der Waals surface area contributed by atoms with Crippen LogP contribution < -0.4 is 0 Å². The lowest BCUT2D eigenvalue weighted by atomic mass is 10.1. The topological polar surface area (TPSA) is 34.9 Å². The van der Waals surface area contributed by atoms with Crippen LogP contribution in [-0.2, 0) is 13.5 Å². The first kappa shape index (κ1) is 13.8. The van der Waals surface area contributed by atoms with Gasteiger partial charge in [-0.15, -0.1) is 0 Å². The molecule has 0 spiro atoms. The van der Waals surface area contributed by atoms with Crippen LogP contribution in [0, 0.1) is 5.82 Å². The number of para-hydroxylation sites is 2. The number of ketones is 1. The van der Waals surface area contributed by atoms with Gasteiger partial charge in [-0.2, -0.15) is 0 Å². The summed E-state index contributed by atoms with van der Waals surface area (Å²) in [5, 5.41) is 0.270. The SMILES string of the molecule is Cn1c(CC(=O)c2ccc(Cl)cc2F)nc2ccccc21. The summed E-state index contributed by atoms with van der Waals surface area (Å²) in [5.74, 6) is -0.315. The van der Waals surface area contributed by atoms with Crippen molar-refractivity contribution in [1.29, 1.82) is 0 Å². The third-order valence-corrected chi connectivity index (χ3v) is 3.67. The summed E-state index contributed by atoms with van der Waals surface area (Å²) < 4.78 is 15.6. The third kappa shape index (κ3) is 2.54. The van der Waals surface area contributed by atoms with Crippen molar-refractivity contribution in [3.8, 4) is 0 Å². The van der Waals surface area contributed by atoms with Crippen LogP contribution in [0.2, 0.25) is 5.02 Å². The summed E-state index contributed by atoms with van der Waals surface area (Å²) in [6.07, 6.45) is 0.0454. The highest BCUT2D eigenvalue weighted by molar-refractivity contribution is 6.30. The van der Waals surface area contributed by atoms with Crippen LogP contribution in [0.3, 0.4) is 0 Å². The molecule has 3 aromatic rings. The number of benzene rings is 2. The van der Waals surface area contributed by atoms with Gasteiger partial charge in [-0.1, -0.05) is 23.7 Å². The molecule has 0 aliphatic heterocycles. The molecule has 1 aromatic heterocycles. The molecule has 1 heterocycles. The van der Waals surface area contributed by atoms with Crippen molar-refractivity contribution in [3.05, 3.63) is 64.7 Å². The summed E-state index contributed by atoms with van der Waals surface area (Å²) in [4.78, 5) is 16.7. The van der Waals surface area contributed by atoms with E-state index in [1.807, 2.05) is 35.9 Å². The first-order valence-electron chi connectivity index (χ1n) is 6.45.